The van der Waals surface area contributed by atoms with Crippen LogP contribution in [0, 0.1) is 0 Å². The number of rotatable bonds is 3. The maximum Gasteiger partial charge on any atom is 0.122 e. The third-order valence-electron chi connectivity index (χ3n) is 3.95. The Labute approximate surface area is 107 Å². The van der Waals surface area contributed by atoms with E-state index in [2.05, 4.69) is 20.5 Å². The summed E-state index contributed by atoms with van der Waals surface area (Å²) in [7, 11) is 0. The van der Waals surface area contributed by atoms with Gasteiger partial charge in [0, 0.05) is 38.1 Å². The molecular formula is C12H21N5O. The van der Waals surface area contributed by atoms with Gasteiger partial charge in [-0.1, -0.05) is 10.3 Å². The Kier molecular flexibility index (Phi) is 3.58. The minimum Gasteiger partial charge on any atom is -0.326 e. The van der Waals surface area contributed by atoms with Crippen LogP contribution in [-0.2, 0) is 6.54 Å². The molecular weight excluding hydrogens is 230 g/mol. The number of hydrogen-bond acceptors (Lipinski definition) is 6. The molecule has 1 aromatic heterocycles. The first kappa shape index (κ1) is 12.1. The number of likely N-dealkylation sites (tertiary alicyclic amines) is 1. The zero-order valence-electron chi connectivity index (χ0n) is 10.6. The fraction of sp³-hybridized carbons (Fsp3) is 0.833. The summed E-state index contributed by atoms with van der Waals surface area (Å²) in [6.07, 6.45) is 3.45. The van der Waals surface area contributed by atoms with Crippen LogP contribution >= 0.6 is 0 Å². The van der Waals surface area contributed by atoms with Crippen molar-refractivity contribution in [3.63, 3.8) is 0 Å². The van der Waals surface area contributed by atoms with E-state index in [0.29, 0.717) is 12.0 Å². The fourth-order valence-corrected chi connectivity index (χ4v) is 2.94. The number of piperidine rings is 1. The molecule has 2 saturated heterocycles. The molecule has 6 nitrogen and oxygen atoms in total. The van der Waals surface area contributed by atoms with Crippen molar-refractivity contribution >= 4 is 0 Å². The third-order valence-corrected chi connectivity index (χ3v) is 3.95. The van der Waals surface area contributed by atoms with Crippen LogP contribution in [0.1, 0.15) is 36.6 Å². The van der Waals surface area contributed by atoms with Crippen molar-refractivity contribution in [3.8, 4) is 0 Å². The normalized spacial score (nSPS) is 29.8. The van der Waals surface area contributed by atoms with Crippen molar-refractivity contribution < 1.29 is 4.63 Å². The van der Waals surface area contributed by atoms with Crippen LogP contribution in [0.15, 0.2) is 4.63 Å². The lowest BCUT2D eigenvalue weighted by Crippen LogP contribution is -2.30. The van der Waals surface area contributed by atoms with E-state index in [1.165, 1.54) is 12.8 Å². The van der Waals surface area contributed by atoms with Gasteiger partial charge in [-0.25, -0.2) is 4.63 Å². The van der Waals surface area contributed by atoms with Crippen LogP contribution in [0.25, 0.3) is 0 Å². The van der Waals surface area contributed by atoms with Gasteiger partial charge in [-0.15, -0.1) is 0 Å². The first-order valence-corrected chi connectivity index (χ1v) is 6.83. The highest BCUT2D eigenvalue weighted by Gasteiger charge is 2.26. The number of nitrogens with zero attached hydrogens (tertiary/aromatic N) is 3. The summed E-state index contributed by atoms with van der Waals surface area (Å²) in [5, 5.41) is 11.6. The number of nitrogens with one attached hydrogen (secondary N) is 1. The minimum absolute atomic E-state index is 0.310. The van der Waals surface area contributed by atoms with Crippen molar-refractivity contribution in [2.75, 3.05) is 26.2 Å². The first-order chi connectivity index (χ1) is 8.83. The Morgan fingerprint density at radius 3 is 3.06 bits per heavy atom. The monoisotopic (exact) mass is 251 g/mol. The maximum absolute atomic E-state index is 5.92. The van der Waals surface area contributed by atoms with Crippen LogP contribution in [0.5, 0.6) is 0 Å². The van der Waals surface area contributed by atoms with Crippen LogP contribution in [0.3, 0.4) is 0 Å². The second kappa shape index (κ2) is 5.34. The summed E-state index contributed by atoms with van der Waals surface area (Å²) in [5.41, 5.74) is 7.97. The molecule has 3 heterocycles. The SMILES string of the molecule is NC1CCN(Cc2nonc2C2CCCNC2)C1. The molecule has 1 aromatic rings. The van der Waals surface area contributed by atoms with Gasteiger partial charge in [0.15, 0.2) is 0 Å². The second-order valence-electron chi connectivity index (χ2n) is 5.42. The highest BCUT2D eigenvalue weighted by molar-refractivity contribution is 5.15. The fourth-order valence-electron chi connectivity index (χ4n) is 2.94. The van der Waals surface area contributed by atoms with Crippen molar-refractivity contribution in [2.45, 2.75) is 37.8 Å². The molecule has 0 bridgehead atoms. The van der Waals surface area contributed by atoms with E-state index in [0.717, 1.165) is 50.5 Å². The zero-order chi connectivity index (χ0) is 12.4. The molecule has 3 N–H and O–H groups in total. The summed E-state index contributed by atoms with van der Waals surface area (Å²) in [5.74, 6) is 0.455. The third kappa shape index (κ3) is 2.55. The van der Waals surface area contributed by atoms with Gasteiger partial charge in [-0.3, -0.25) is 4.90 Å². The predicted molar refractivity (Wildman–Crippen MR) is 67.0 cm³/mol. The largest absolute Gasteiger partial charge is 0.326 e. The van der Waals surface area contributed by atoms with E-state index in [1.807, 2.05) is 0 Å². The molecule has 2 fully saturated rings. The Bertz CT molecular complexity index is 388. The average Bonchev–Trinajstić information content (AvgIpc) is 3.00. The lowest BCUT2D eigenvalue weighted by molar-refractivity contribution is 0.280. The highest BCUT2D eigenvalue weighted by Crippen LogP contribution is 2.25. The Morgan fingerprint density at radius 1 is 1.39 bits per heavy atom. The molecule has 18 heavy (non-hydrogen) atoms. The zero-order valence-corrected chi connectivity index (χ0v) is 10.6. The Balaban J connectivity index is 1.67. The second-order valence-corrected chi connectivity index (χ2v) is 5.42. The average molecular weight is 251 g/mol. The standard InChI is InChI=1S/C12H21N5O/c13-10-3-5-17(7-10)8-11-12(16-18-15-11)9-2-1-4-14-6-9/h9-10,14H,1-8,13H2. The molecule has 0 amide bonds. The molecule has 0 aromatic carbocycles. The van der Waals surface area contributed by atoms with Crippen LogP contribution in [-0.4, -0.2) is 47.4 Å². The van der Waals surface area contributed by atoms with E-state index in [-0.39, 0.29) is 0 Å². The molecule has 0 aliphatic carbocycles. The molecule has 0 spiro atoms. The summed E-state index contributed by atoms with van der Waals surface area (Å²) in [4.78, 5) is 2.34. The van der Waals surface area contributed by atoms with Gasteiger partial charge < -0.3 is 11.1 Å². The van der Waals surface area contributed by atoms with Gasteiger partial charge in [-0.05, 0) is 25.8 Å². The van der Waals surface area contributed by atoms with Crippen LogP contribution < -0.4 is 11.1 Å². The molecule has 100 valence electrons. The molecule has 2 unspecified atom stereocenters. The molecule has 2 atom stereocenters. The van der Waals surface area contributed by atoms with Gasteiger partial charge >= 0.3 is 0 Å². The van der Waals surface area contributed by atoms with E-state index in [4.69, 9.17) is 10.4 Å². The smallest absolute Gasteiger partial charge is 0.122 e. The van der Waals surface area contributed by atoms with Gasteiger partial charge in [0.25, 0.3) is 0 Å². The van der Waals surface area contributed by atoms with Gasteiger partial charge in [0.1, 0.15) is 11.4 Å². The molecule has 2 aliphatic rings. The van der Waals surface area contributed by atoms with Gasteiger partial charge in [0.05, 0.1) is 0 Å². The highest BCUT2D eigenvalue weighted by atomic mass is 16.6. The van der Waals surface area contributed by atoms with Crippen LogP contribution in [0.2, 0.25) is 0 Å². The Hall–Kier alpha value is -0.980. The first-order valence-electron chi connectivity index (χ1n) is 6.83. The molecule has 2 aliphatic heterocycles. The van der Waals surface area contributed by atoms with Gasteiger partial charge in [0.2, 0.25) is 0 Å². The molecule has 0 radical (unpaired) electrons. The molecule has 0 saturated carbocycles. The quantitative estimate of drug-likeness (QED) is 0.791. The van der Waals surface area contributed by atoms with Crippen LogP contribution in [0.4, 0.5) is 0 Å². The van der Waals surface area contributed by atoms with E-state index >= 15 is 0 Å². The van der Waals surface area contributed by atoms with Crippen molar-refractivity contribution in [2.24, 2.45) is 5.73 Å². The summed E-state index contributed by atoms with van der Waals surface area (Å²) >= 11 is 0. The maximum atomic E-state index is 5.92. The number of hydrogen-bond donors (Lipinski definition) is 2. The van der Waals surface area contributed by atoms with Crippen molar-refractivity contribution in [3.05, 3.63) is 11.4 Å². The predicted octanol–water partition coefficient (Wildman–Crippen LogP) is 0.0696. The van der Waals surface area contributed by atoms with Crippen molar-refractivity contribution in [1.29, 1.82) is 0 Å². The Morgan fingerprint density at radius 2 is 2.33 bits per heavy atom. The molecule has 6 heteroatoms. The number of aromatic nitrogens is 2. The van der Waals surface area contributed by atoms with E-state index in [1.54, 1.807) is 0 Å². The van der Waals surface area contributed by atoms with E-state index in [9.17, 15) is 0 Å². The molecule has 3 rings (SSSR count). The van der Waals surface area contributed by atoms with Gasteiger partial charge in [-0.2, -0.15) is 0 Å². The topological polar surface area (TPSA) is 80.2 Å². The summed E-state index contributed by atoms with van der Waals surface area (Å²) in [6.45, 7) is 4.92. The number of nitrogens with two attached hydrogens (primary N) is 1. The van der Waals surface area contributed by atoms with Crippen molar-refractivity contribution in [1.82, 2.24) is 20.5 Å². The van der Waals surface area contributed by atoms with E-state index < -0.39 is 0 Å². The lowest BCUT2D eigenvalue weighted by Gasteiger charge is -2.22. The minimum atomic E-state index is 0.310. The summed E-state index contributed by atoms with van der Waals surface area (Å²) in [6, 6.07) is 0.310. The summed E-state index contributed by atoms with van der Waals surface area (Å²) < 4.78 is 4.95. The lowest BCUT2D eigenvalue weighted by atomic mass is 9.95.